The van der Waals surface area contributed by atoms with Crippen molar-refractivity contribution in [2.24, 2.45) is 63.5 Å². The van der Waals surface area contributed by atoms with E-state index >= 15 is 0 Å². The molecule has 7 nitrogen and oxygen atoms in total. The number of ether oxygens (including phenoxy) is 1. The molecule has 0 aromatic heterocycles. The molecule has 262 valence electrons. The van der Waals surface area contributed by atoms with E-state index in [4.69, 9.17) is 21.9 Å². The Morgan fingerprint density at radius 3 is 2.11 bits per heavy atom. The van der Waals surface area contributed by atoms with E-state index in [0.29, 0.717) is 10.8 Å². The molecule has 0 aromatic carbocycles. The summed E-state index contributed by atoms with van der Waals surface area (Å²) in [4.78, 5) is 11.3. The molecule has 0 heterocycles. The maximum atomic E-state index is 11.3. The van der Waals surface area contributed by atoms with Gasteiger partial charge in [-0.25, -0.2) is 4.79 Å². The van der Waals surface area contributed by atoms with Crippen molar-refractivity contribution in [3.05, 3.63) is 11.6 Å². The summed E-state index contributed by atoms with van der Waals surface area (Å²) in [5.74, 6) is 5.20. The van der Waals surface area contributed by atoms with Gasteiger partial charge in [-0.2, -0.15) is 0 Å². The average molecular weight is 632 g/mol. The van der Waals surface area contributed by atoms with Crippen LogP contribution in [0.5, 0.6) is 0 Å². The number of carbonyl (C=O) groups is 1. The normalized spacial score (nSPS) is 32.9. The van der Waals surface area contributed by atoms with E-state index in [0.717, 1.165) is 107 Å². The molecule has 0 aromatic rings. The van der Waals surface area contributed by atoms with E-state index in [2.05, 4.69) is 51.3 Å². The highest BCUT2D eigenvalue weighted by atomic mass is 16.6. The van der Waals surface area contributed by atoms with Crippen LogP contribution in [0, 0.1) is 46.3 Å². The average Bonchev–Trinajstić information content (AvgIpc) is 3.35. The third-order valence-corrected chi connectivity index (χ3v) is 12.6. The second-order valence-corrected chi connectivity index (χ2v) is 16.1. The lowest BCUT2D eigenvalue weighted by atomic mass is 9.47. The number of unbranched alkanes of at least 4 members (excludes halogenated alkanes) is 1. The summed E-state index contributed by atoms with van der Waals surface area (Å²) < 4.78 is 5.39. The van der Waals surface area contributed by atoms with Gasteiger partial charge >= 0.3 is 6.09 Å². The largest absolute Gasteiger partial charge is 0.446 e. The minimum absolute atomic E-state index is 0.00946. The Hall–Kier alpha value is -1.15. The Bertz CT molecular complexity index is 883. The Balaban J connectivity index is 0.000000335. The molecule has 45 heavy (non-hydrogen) atoms. The Kier molecular flexibility index (Phi) is 16.2. The second-order valence-electron chi connectivity index (χ2n) is 16.1. The summed E-state index contributed by atoms with van der Waals surface area (Å²) in [6.45, 7) is 18.4. The number of hydrogen-bond donors (Lipinski definition) is 5. The van der Waals surface area contributed by atoms with Crippen LogP contribution in [0.1, 0.15) is 131 Å². The number of rotatable bonds is 17. The Morgan fingerprint density at radius 2 is 1.51 bits per heavy atom. The van der Waals surface area contributed by atoms with E-state index in [9.17, 15) is 4.79 Å². The van der Waals surface area contributed by atoms with Crippen molar-refractivity contribution in [3.8, 4) is 0 Å². The first kappa shape index (κ1) is 38.3. The lowest BCUT2D eigenvalue weighted by Gasteiger charge is -2.58. The zero-order valence-corrected chi connectivity index (χ0v) is 30.0. The van der Waals surface area contributed by atoms with E-state index in [1.165, 1.54) is 64.2 Å². The maximum Gasteiger partial charge on any atom is 0.404 e. The minimum atomic E-state index is -0.615. The van der Waals surface area contributed by atoms with Crippen LogP contribution < -0.4 is 27.8 Å². The van der Waals surface area contributed by atoms with Gasteiger partial charge in [-0.05, 0) is 156 Å². The standard InChI is InChI=1S/C28H47NO2.C10H26N4/c1-18(2)7-6-8-19(3)23-11-12-24-22-10-9-20-17-21(31-26(29)30)13-15-27(20,4)25(22)14-16-28(23,24)5;11-5-3-9-13-7-1-2-8-14-10-4-6-12/h9,18-19,21-25H,6-8,10-17H2,1-5H3,(H2,29,30);13-14H,1-12H2/t19-,21?,22?,23-,24?,25?,27+,28-;/m1./s1. The molecular weight excluding hydrogens is 558 g/mol. The third-order valence-electron chi connectivity index (χ3n) is 12.6. The molecule has 4 aliphatic rings. The number of allylic oxidation sites excluding steroid dienone is 1. The molecule has 0 saturated heterocycles. The molecule has 3 saturated carbocycles. The summed E-state index contributed by atoms with van der Waals surface area (Å²) in [6.07, 6.45) is 20.7. The fourth-order valence-corrected chi connectivity index (χ4v) is 10.1. The van der Waals surface area contributed by atoms with Gasteiger partial charge in [0.1, 0.15) is 6.10 Å². The van der Waals surface area contributed by atoms with Gasteiger partial charge in [0.05, 0.1) is 0 Å². The van der Waals surface area contributed by atoms with Gasteiger partial charge in [-0.3, -0.25) is 0 Å². The molecule has 0 radical (unpaired) electrons. The van der Waals surface area contributed by atoms with Gasteiger partial charge in [0.25, 0.3) is 0 Å². The molecule has 7 heteroatoms. The molecule has 0 bridgehead atoms. The lowest BCUT2D eigenvalue weighted by Crippen LogP contribution is -2.51. The number of amides is 1. The highest BCUT2D eigenvalue weighted by Crippen LogP contribution is 2.67. The molecule has 8 atom stereocenters. The Labute approximate surface area is 277 Å². The van der Waals surface area contributed by atoms with Gasteiger partial charge in [0.2, 0.25) is 0 Å². The van der Waals surface area contributed by atoms with Gasteiger partial charge in [-0.1, -0.05) is 65.5 Å². The SMILES string of the molecule is CC(C)CCC[C@@H](C)[C@H]1CCC2C3CC=C4CC(OC(N)=O)CC[C@]4(C)C3CC[C@@]21C.NCCCNCCCCNCCCN. The summed E-state index contributed by atoms with van der Waals surface area (Å²) in [5, 5.41) is 6.72. The van der Waals surface area contributed by atoms with Gasteiger partial charge in [0, 0.05) is 6.42 Å². The first-order valence-electron chi connectivity index (χ1n) is 19.0. The number of primary amides is 1. The fourth-order valence-electron chi connectivity index (χ4n) is 10.1. The molecule has 8 N–H and O–H groups in total. The topological polar surface area (TPSA) is 128 Å². The first-order chi connectivity index (χ1) is 21.6. The maximum absolute atomic E-state index is 11.3. The van der Waals surface area contributed by atoms with Crippen LogP contribution in [0.2, 0.25) is 0 Å². The molecule has 3 fully saturated rings. The van der Waals surface area contributed by atoms with Crippen LogP contribution in [0.3, 0.4) is 0 Å². The highest BCUT2D eigenvalue weighted by molar-refractivity contribution is 5.64. The molecule has 4 unspecified atom stereocenters. The molecule has 4 aliphatic carbocycles. The predicted molar refractivity (Wildman–Crippen MR) is 190 cm³/mol. The summed E-state index contributed by atoms with van der Waals surface area (Å²) in [5.41, 5.74) is 18.5. The number of nitrogens with one attached hydrogen (secondary N) is 2. The van der Waals surface area contributed by atoms with Crippen LogP contribution in [0.15, 0.2) is 11.6 Å². The van der Waals surface area contributed by atoms with E-state index < -0.39 is 6.09 Å². The monoisotopic (exact) mass is 632 g/mol. The third kappa shape index (κ3) is 10.7. The van der Waals surface area contributed by atoms with Crippen molar-refractivity contribution < 1.29 is 9.53 Å². The van der Waals surface area contributed by atoms with Crippen molar-refractivity contribution in [1.82, 2.24) is 10.6 Å². The van der Waals surface area contributed by atoms with E-state index in [-0.39, 0.29) is 6.10 Å². The fraction of sp³-hybridized carbons (Fsp3) is 0.921. The summed E-state index contributed by atoms with van der Waals surface area (Å²) in [7, 11) is 0. The minimum Gasteiger partial charge on any atom is -0.446 e. The van der Waals surface area contributed by atoms with Gasteiger partial charge in [0.15, 0.2) is 0 Å². The zero-order chi connectivity index (χ0) is 32.9. The van der Waals surface area contributed by atoms with Crippen molar-refractivity contribution in [3.63, 3.8) is 0 Å². The number of hydrogen-bond acceptors (Lipinski definition) is 6. The molecule has 0 aliphatic heterocycles. The predicted octanol–water partition coefficient (Wildman–Crippen LogP) is 7.14. The molecule has 0 spiro atoms. The van der Waals surface area contributed by atoms with Crippen molar-refractivity contribution in [1.29, 1.82) is 0 Å². The molecular formula is C38H73N5O2. The van der Waals surface area contributed by atoms with E-state index in [1.807, 2.05) is 0 Å². The molecule has 1 amide bonds. The summed E-state index contributed by atoms with van der Waals surface area (Å²) >= 11 is 0. The van der Waals surface area contributed by atoms with Crippen LogP contribution in [-0.4, -0.2) is 51.5 Å². The first-order valence-corrected chi connectivity index (χ1v) is 19.0. The van der Waals surface area contributed by atoms with Crippen LogP contribution in [-0.2, 0) is 4.74 Å². The van der Waals surface area contributed by atoms with Crippen molar-refractivity contribution >= 4 is 6.09 Å². The van der Waals surface area contributed by atoms with Gasteiger partial charge in [-0.15, -0.1) is 0 Å². The lowest BCUT2D eigenvalue weighted by molar-refractivity contribution is -0.0578. The molecule has 4 rings (SSSR count). The highest BCUT2D eigenvalue weighted by Gasteiger charge is 2.59. The zero-order valence-electron chi connectivity index (χ0n) is 30.0. The van der Waals surface area contributed by atoms with Crippen molar-refractivity contribution in [2.45, 2.75) is 137 Å². The van der Waals surface area contributed by atoms with Crippen LogP contribution in [0.4, 0.5) is 4.79 Å². The van der Waals surface area contributed by atoms with Gasteiger partial charge < -0.3 is 32.6 Å². The van der Waals surface area contributed by atoms with E-state index in [1.54, 1.807) is 5.57 Å². The smallest absolute Gasteiger partial charge is 0.404 e. The quantitative estimate of drug-likeness (QED) is 0.0858. The Morgan fingerprint density at radius 1 is 0.867 bits per heavy atom. The second kappa shape index (κ2) is 19.0. The van der Waals surface area contributed by atoms with Crippen molar-refractivity contribution in [2.75, 3.05) is 39.3 Å². The number of carbonyl (C=O) groups excluding carboxylic acids is 1. The number of nitrogens with two attached hydrogens (primary N) is 3. The van der Waals surface area contributed by atoms with Crippen LogP contribution in [0.25, 0.3) is 0 Å². The number of fused-ring (bicyclic) bond motifs is 5. The van der Waals surface area contributed by atoms with Crippen LogP contribution >= 0.6 is 0 Å². The summed E-state index contributed by atoms with van der Waals surface area (Å²) in [6, 6.07) is 0.